The zero-order chi connectivity index (χ0) is 15.5. The van der Waals surface area contributed by atoms with Crippen LogP contribution in [0, 0.1) is 0 Å². The number of carbonyl (C=O) groups is 1. The molecule has 0 aliphatic heterocycles. The van der Waals surface area contributed by atoms with Gasteiger partial charge in [0.25, 0.3) is 0 Å². The Kier molecular flexibility index (Phi) is 4.90. The summed E-state index contributed by atoms with van der Waals surface area (Å²) in [4.78, 5) is 13.4. The first-order valence-corrected chi connectivity index (χ1v) is 11.3. The Balaban J connectivity index is 2.19. The molecule has 2 nitrogen and oxygen atoms in total. The lowest BCUT2D eigenvalue weighted by Gasteiger charge is -2.32. The van der Waals surface area contributed by atoms with Crippen molar-refractivity contribution in [2.45, 2.75) is 24.5 Å². The van der Waals surface area contributed by atoms with Gasteiger partial charge in [-0.1, -0.05) is 50.0 Å². The minimum Gasteiger partial charge on any atom is -0.401 e. The summed E-state index contributed by atoms with van der Waals surface area (Å²) in [5, 5.41) is 0.0898. The molecule has 0 amide bonds. The fraction of sp³-hybridized carbons (Fsp3) is 0.235. The number of rotatable bonds is 4. The van der Waals surface area contributed by atoms with Crippen LogP contribution in [-0.4, -0.2) is 20.4 Å². The minimum absolute atomic E-state index is 0.0898. The molecule has 110 valence electrons. The van der Waals surface area contributed by atoms with Gasteiger partial charge in [-0.2, -0.15) is 0 Å². The average Bonchev–Trinajstić information content (AvgIpc) is 2.46. The molecular weight excluding hydrogens is 294 g/mol. The van der Waals surface area contributed by atoms with Crippen LogP contribution in [0.4, 0.5) is 5.69 Å². The molecule has 2 aromatic carbocycles. The van der Waals surface area contributed by atoms with Crippen LogP contribution in [-0.2, 0) is 0 Å². The normalized spacial score (nSPS) is 11.2. The van der Waals surface area contributed by atoms with Crippen molar-refractivity contribution in [3.8, 4) is 0 Å². The summed E-state index contributed by atoms with van der Waals surface area (Å²) in [5.41, 5.74) is 1.88. The van der Waals surface area contributed by atoms with E-state index >= 15 is 0 Å². The molecule has 4 heteroatoms. The van der Waals surface area contributed by atoms with Crippen molar-refractivity contribution < 1.29 is 4.79 Å². The Morgan fingerprint density at radius 2 is 1.67 bits per heavy atom. The SMILES string of the molecule is CN(c1cccc(C(=O)Sc2ccccc2)c1)[Si](C)(C)C. The van der Waals surface area contributed by atoms with Crippen molar-refractivity contribution in [2.24, 2.45) is 0 Å². The van der Waals surface area contributed by atoms with E-state index in [0.29, 0.717) is 0 Å². The number of thioether (sulfide) groups is 1. The molecule has 21 heavy (non-hydrogen) atoms. The fourth-order valence-electron chi connectivity index (χ4n) is 1.88. The number of nitrogens with zero attached hydrogens (tertiary/aromatic N) is 1. The predicted octanol–water partition coefficient (Wildman–Crippen LogP) is 4.89. The fourth-order valence-corrected chi connectivity index (χ4v) is 3.55. The quantitative estimate of drug-likeness (QED) is 0.592. The van der Waals surface area contributed by atoms with Crippen LogP contribution < -0.4 is 4.57 Å². The van der Waals surface area contributed by atoms with Gasteiger partial charge in [0.05, 0.1) is 0 Å². The van der Waals surface area contributed by atoms with E-state index in [-0.39, 0.29) is 5.12 Å². The molecule has 0 atom stereocenters. The largest absolute Gasteiger partial charge is 0.401 e. The maximum absolute atomic E-state index is 12.4. The molecular formula is C17H21NOSSi. The highest BCUT2D eigenvalue weighted by Gasteiger charge is 2.21. The van der Waals surface area contributed by atoms with Crippen LogP contribution >= 0.6 is 11.8 Å². The van der Waals surface area contributed by atoms with Gasteiger partial charge in [-0.05, 0) is 43.1 Å². The first-order valence-electron chi connectivity index (χ1n) is 6.99. The monoisotopic (exact) mass is 315 g/mol. The lowest BCUT2D eigenvalue weighted by molar-refractivity contribution is 0.108. The van der Waals surface area contributed by atoms with Gasteiger partial charge in [-0.25, -0.2) is 0 Å². The lowest BCUT2D eigenvalue weighted by Crippen LogP contribution is -2.43. The van der Waals surface area contributed by atoms with Gasteiger partial charge < -0.3 is 4.57 Å². The summed E-state index contributed by atoms with van der Waals surface area (Å²) >= 11 is 1.28. The van der Waals surface area contributed by atoms with Crippen molar-refractivity contribution in [2.75, 3.05) is 11.6 Å². The van der Waals surface area contributed by atoms with E-state index in [1.807, 2.05) is 48.5 Å². The van der Waals surface area contributed by atoms with Gasteiger partial charge in [-0.15, -0.1) is 0 Å². The molecule has 0 saturated heterocycles. The third kappa shape index (κ3) is 4.22. The van der Waals surface area contributed by atoms with Crippen molar-refractivity contribution >= 4 is 30.8 Å². The number of hydrogen-bond donors (Lipinski definition) is 0. The summed E-state index contributed by atoms with van der Waals surface area (Å²) in [7, 11) is 0.693. The molecule has 0 aliphatic rings. The smallest absolute Gasteiger partial charge is 0.224 e. The molecule has 0 aliphatic carbocycles. The number of benzene rings is 2. The van der Waals surface area contributed by atoms with E-state index in [4.69, 9.17) is 0 Å². The van der Waals surface area contributed by atoms with Gasteiger partial charge in [0.15, 0.2) is 0 Å². The molecule has 0 unspecified atom stereocenters. The summed E-state index contributed by atoms with van der Waals surface area (Å²) in [6.45, 7) is 6.88. The predicted molar refractivity (Wildman–Crippen MR) is 94.8 cm³/mol. The third-order valence-electron chi connectivity index (χ3n) is 3.43. The van der Waals surface area contributed by atoms with Crippen molar-refractivity contribution in [3.63, 3.8) is 0 Å². The Morgan fingerprint density at radius 1 is 1.00 bits per heavy atom. The van der Waals surface area contributed by atoms with Gasteiger partial charge in [0.2, 0.25) is 5.12 Å². The molecule has 2 aromatic rings. The van der Waals surface area contributed by atoms with E-state index in [1.54, 1.807) is 0 Å². The highest BCUT2D eigenvalue weighted by molar-refractivity contribution is 8.14. The third-order valence-corrected chi connectivity index (χ3v) is 6.63. The van der Waals surface area contributed by atoms with Crippen molar-refractivity contribution in [1.82, 2.24) is 0 Å². The highest BCUT2D eigenvalue weighted by Crippen LogP contribution is 2.26. The number of hydrogen-bond acceptors (Lipinski definition) is 3. The second-order valence-electron chi connectivity index (χ2n) is 5.98. The summed E-state index contributed by atoms with van der Waals surface area (Å²) < 4.78 is 2.32. The molecule has 0 N–H and O–H groups in total. The Morgan fingerprint density at radius 3 is 2.29 bits per heavy atom. The maximum atomic E-state index is 12.4. The zero-order valence-corrected chi connectivity index (χ0v) is 14.8. The molecule has 0 fully saturated rings. The number of carbonyl (C=O) groups excluding carboxylic acids is 1. The summed E-state index contributed by atoms with van der Waals surface area (Å²) in [5.74, 6) is 0. The molecule has 0 spiro atoms. The minimum atomic E-state index is -1.42. The van der Waals surface area contributed by atoms with Crippen molar-refractivity contribution in [1.29, 1.82) is 0 Å². The number of anilines is 1. The molecule has 0 radical (unpaired) electrons. The average molecular weight is 316 g/mol. The van der Waals surface area contributed by atoms with Gasteiger partial charge in [0, 0.05) is 16.1 Å². The van der Waals surface area contributed by atoms with Crippen LogP contribution in [0.15, 0.2) is 59.5 Å². The molecule has 0 heterocycles. The van der Waals surface area contributed by atoms with Crippen molar-refractivity contribution in [3.05, 3.63) is 60.2 Å². The lowest BCUT2D eigenvalue weighted by atomic mass is 10.2. The molecule has 0 saturated carbocycles. The second-order valence-corrected chi connectivity index (χ2v) is 12.0. The van der Waals surface area contributed by atoms with Gasteiger partial charge >= 0.3 is 0 Å². The molecule has 0 bridgehead atoms. The van der Waals surface area contributed by atoms with Crippen LogP contribution in [0.5, 0.6) is 0 Å². The van der Waals surface area contributed by atoms with Gasteiger partial charge in [0.1, 0.15) is 8.24 Å². The van der Waals surface area contributed by atoms with E-state index in [0.717, 1.165) is 16.1 Å². The van der Waals surface area contributed by atoms with E-state index < -0.39 is 8.24 Å². The standard InChI is InChI=1S/C17H21NOSSi/c1-18(21(2,3)4)15-10-8-9-14(13-15)17(19)20-16-11-6-5-7-12-16/h5-13H,1-4H3. The van der Waals surface area contributed by atoms with Crippen LogP contribution in [0.3, 0.4) is 0 Å². The Hall–Kier alpha value is -1.52. The maximum Gasteiger partial charge on any atom is 0.224 e. The van der Waals surface area contributed by atoms with E-state index in [2.05, 4.69) is 37.3 Å². The highest BCUT2D eigenvalue weighted by atomic mass is 32.2. The van der Waals surface area contributed by atoms with Gasteiger partial charge in [-0.3, -0.25) is 4.79 Å². The van der Waals surface area contributed by atoms with Crippen LogP contribution in [0.1, 0.15) is 10.4 Å². The second kappa shape index (κ2) is 6.50. The first kappa shape index (κ1) is 15.9. The summed E-state index contributed by atoms with van der Waals surface area (Å²) in [6.07, 6.45) is 0. The Labute approximate surface area is 132 Å². The van der Waals surface area contributed by atoms with Crippen LogP contribution in [0.2, 0.25) is 19.6 Å². The summed E-state index contributed by atoms with van der Waals surface area (Å²) in [6, 6.07) is 17.7. The Bertz CT molecular complexity index is 622. The van der Waals surface area contributed by atoms with E-state index in [1.165, 1.54) is 11.8 Å². The topological polar surface area (TPSA) is 20.3 Å². The van der Waals surface area contributed by atoms with Crippen LogP contribution in [0.25, 0.3) is 0 Å². The zero-order valence-electron chi connectivity index (χ0n) is 13.0. The molecule has 0 aromatic heterocycles. The van der Waals surface area contributed by atoms with E-state index in [9.17, 15) is 4.79 Å². The first-order chi connectivity index (χ1) is 9.88. The molecule has 2 rings (SSSR count).